The molecule has 14 heavy (non-hydrogen) atoms. The van der Waals surface area contributed by atoms with Gasteiger partial charge in [0.2, 0.25) is 0 Å². The Bertz CT molecular complexity index is 328. The van der Waals surface area contributed by atoms with Gasteiger partial charge in [-0.05, 0) is 5.56 Å². The average Bonchev–Trinajstić information content (AvgIpc) is 2.23. The van der Waals surface area contributed by atoms with Crippen molar-refractivity contribution in [3.8, 4) is 0 Å². The number of amides is 1. The minimum atomic E-state index is -0.241. The highest BCUT2D eigenvalue weighted by molar-refractivity contribution is 8.00. The molecule has 1 heterocycles. The summed E-state index contributed by atoms with van der Waals surface area (Å²) < 4.78 is 0. The van der Waals surface area contributed by atoms with E-state index in [-0.39, 0.29) is 11.2 Å². The first-order valence-electron chi connectivity index (χ1n) is 4.46. The van der Waals surface area contributed by atoms with Crippen molar-refractivity contribution in [1.82, 2.24) is 5.06 Å². The first-order valence-corrected chi connectivity index (χ1v) is 5.51. The summed E-state index contributed by atoms with van der Waals surface area (Å²) in [7, 11) is 0. The van der Waals surface area contributed by atoms with Crippen LogP contribution in [0.2, 0.25) is 0 Å². The molecule has 1 aliphatic heterocycles. The van der Waals surface area contributed by atoms with Crippen molar-refractivity contribution in [3.05, 3.63) is 35.9 Å². The Hall–Kier alpha value is -1.00. The maximum Gasteiger partial charge on any atom is 0.263 e. The third kappa shape index (κ3) is 1.76. The maximum absolute atomic E-state index is 11.6. The molecule has 0 aliphatic carbocycles. The van der Waals surface area contributed by atoms with Gasteiger partial charge in [-0.2, -0.15) is 0 Å². The van der Waals surface area contributed by atoms with Gasteiger partial charge in [-0.15, -0.1) is 11.8 Å². The van der Waals surface area contributed by atoms with Crippen LogP contribution >= 0.6 is 11.8 Å². The molecule has 1 saturated heterocycles. The zero-order valence-electron chi connectivity index (χ0n) is 7.59. The SMILES string of the molecule is O=C1C(c2ccccc2)SCCN1O. The number of hydroxylamine groups is 2. The molecule has 1 unspecified atom stereocenters. The van der Waals surface area contributed by atoms with Crippen molar-refractivity contribution in [1.29, 1.82) is 0 Å². The predicted molar refractivity (Wildman–Crippen MR) is 55.1 cm³/mol. The highest BCUT2D eigenvalue weighted by Gasteiger charge is 2.29. The van der Waals surface area contributed by atoms with E-state index in [1.54, 1.807) is 11.8 Å². The number of carbonyl (C=O) groups is 1. The van der Waals surface area contributed by atoms with Crippen molar-refractivity contribution >= 4 is 17.7 Å². The van der Waals surface area contributed by atoms with Crippen LogP contribution in [0.3, 0.4) is 0 Å². The van der Waals surface area contributed by atoms with Crippen molar-refractivity contribution in [3.63, 3.8) is 0 Å². The summed E-state index contributed by atoms with van der Waals surface area (Å²) in [4.78, 5) is 11.6. The molecule has 1 atom stereocenters. The number of benzene rings is 1. The van der Waals surface area contributed by atoms with Gasteiger partial charge in [-0.3, -0.25) is 10.0 Å². The van der Waals surface area contributed by atoms with E-state index in [1.807, 2.05) is 30.3 Å². The highest BCUT2D eigenvalue weighted by Crippen LogP contribution is 2.33. The largest absolute Gasteiger partial charge is 0.286 e. The Kier molecular flexibility index (Phi) is 2.74. The van der Waals surface area contributed by atoms with Crippen molar-refractivity contribution in [2.45, 2.75) is 5.25 Å². The maximum atomic E-state index is 11.6. The van der Waals surface area contributed by atoms with Crippen LogP contribution in [-0.2, 0) is 4.79 Å². The quantitative estimate of drug-likeness (QED) is 0.715. The molecule has 1 fully saturated rings. The monoisotopic (exact) mass is 209 g/mol. The lowest BCUT2D eigenvalue weighted by molar-refractivity contribution is -0.164. The Morgan fingerprint density at radius 2 is 2.07 bits per heavy atom. The lowest BCUT2D eigenvalue weighted by atomic mass is 10.1. The van der Waals surface area contributed by atoms with E-state index < -0.39 is 0 Å². The normalized spacial score (nSPS) is 22.5. The van der Waals surface area contributed by atoms with E-state index in [4.69, 9.17) is 0 Å². The Morgan fingerprint density at radius 1 is 1.36 bits per heavy atom. The van der Waals surface area contributed by atoms with E-state index >= 15 is 0 Å². The minimum absolute atomic E-state index is 0.215. The van der Waals surface area contributed by atoms with Gasteiger partial charge in [0.25, 0.3) is 5.91 Å². The molecule has 1 aliphatic rings. The zero-order chi connectivity index (χ0) is 9.97. The molecule has 3 nitrogen and oxygen atoms in total. The number of hydrogen-bond donors (Lipinski definition) is 1. The number of thioether (sulfide) groups is 1. The second kappa shape index (κ2) is 4.02. The van der Waals surface area contributed by atoms with Gasteiger partial charge in [0, 0.05) is 5.75 Å². The molecule has 4 heteroatoms. The predicted octanol–water partition coefficient (Wildman–Crippen LogP) is 1.69. The average molecular weight is 209 g/mol. The molecule has 74 valence electrons. The van der Waals surface area contributed by atoms with Crippen LogP contribution in [0.15, 0.2) is 30.3 Å². The molecule has 1 N–H and O–H groups in total. The summed E-state index contributed by atoms with van der Waals surface area (Å²) in [6, 6.07) is 9.54. The van der Waals surface area contributed by atoms with Crippen LogP contribution in [0.5, 0.6) is 0 Å². The summed E-state index contributed by atoms with van der Waals surface area (Å²) in [5, 5.41) is 9.85. The second-order valence-corrected chi connectivity index (χ2v) is 4.34. The lowest BCUT2D eigenvalue weighted by Gasteiger charge is -2.27. The van der Waals surface area contributed by atoms with E-state index in [0.717, 1.165) is 16.4 Å². The van der Waals surface area contributed by atoms with Gasteiger partial charge in [-0.1, -0.05) is 30.3 Å². The van der Waals surface area contributed by atoms with Crippen LogP contribution in [0.4, 0.5) is 0 Å². The molecule has 1 aromatic rings. The fraction of sp³-hybridized carbons (Fsp3) is 0.300. The summed E-state index contributed by atoms with van der Waals surface area (Å²) in [6.07, 6.45) is 0. The van der Waals surface area contributed by atoms with E-state index in [1.165, 1.54) is 0 Å². The molecule has 1 aromatic carbocycles. The van der Waals surface area contributed by atoms with Crippen LogP contribution < -0.4 is 0 Å². The minimum Gasteiger partial charge on any atom is -0.286 e. The smallest absolute Gasteiger partial charge is 0.263 e. The zero-order valence-corrected chi connectivity index (χ0v) is 8.41. The fourth-order valence-corrected chi connectivity index (χ4v) is 2.57. The summed E-state index contributed by atoms with van der Waals surface area (Å²) in [6.45, 7) is 0.423. The van der Waals surface area contributed by atoms with E-state index in [0.29, 0.717) is 6.54 Å². The number of nitrogens with zero attached hydrogens (tertiary/aromatic N) is 1. The van der Waals surface area contributed by atoms with E-state index in [9.17, 15) is 10.0 Å². The van der Waals surface area contributed by atoms with Crippen LogP contribution in [-0.4, -0.2) is 28.5 Å². The molecular weight excluding hydrogens is 198 g/mol. The highest BCUT2D eigenvalue weighted by atomic mass is 32.2. The summed E-state index contributed by atoms with van der Waals surface area (Å²) >= 11 is 1.58. The van der Waals surface area contributed by atoms with E-state index in [2.05, 4.69) is 0 Å². The third-order valence-electron chi connectivity index (χ3n) is 2.17. The molecule has 0 bridgehead atoms. The molecule has 2 rings (SSSR count). The van der Waals surface area contributed by atoms with Gasteiger partial charge in [0.1, 0.15) is 5.25 Å². The van der Waals surface area contributed by atoms with Crippen LogP contribution in [0, 0.1) is 0 Å². The van der Waals surface area contributed by atoms with Gasteiger partial charge in [-0.25, -0.2) is 5.06 Å². The first-order chi connectivity index (χ1) is 6.79. The Balaban J connectivity index is 2.22. The fourth-order valence-electron chi connectivity index (χ4n) is 1.44. The number of rotatable bonds is 1. The van der Waals surface area contributed by atoms with Crippen molar-refractivity contribution in [2.24, 2.45) is 0 Å². The van der Waals surface area contributed by atoms with Gasteiger partial charge in [0.15, 0.2) is 0 Å². The molecular formula is C10H11NO2S. The van der Waals surface area contributed by atoms with Crippen molar-refractivity contribution in [2.75, 3.05) is 12.3 Å². The standard InChI is InChI=1S/C10H11NO2S/c12-10-9(14-7-6-11(10)13)8-4-2-1-3-5-8/h1-5,9,13H,6-7H2. The molecule has 0 radical (unpaired) electrons. The number of hydrogen-bond acceptors (Lipinski definition) is 3. The Morgan fingerprint density at radius 3 is 2.79 bits per heavy atom. The van der Waals surface area contributed by atoms with Gasteiger partial charge >= 0.3 is 0 Å². The summed E-state index contributed by atoms with van der Waals surface area (Å²) in [5.74, 6) is 0.564. The van der Waals surface area contributed by atoms with Gasteiger partial charge in [0.05, 0.1) is 6.54 Å². The molecule has 1 amide bonds. The molecule has 0 aromatic heterocycles. The third-order valence-corrected chi connectivity index (χ3v) is 3.39. The molecule has 0 saturated carbocycles. The van der Waals surface area contributed by atoms with Crippen molar-refractivity contribution < 1.29 is 10.0 Å². The van der Waals surface area contributed by atoms with Crippen LogP contribution in [0.1, 0.15) is 10.8 Å². The first kappa shape index (κ1) is 9.55. The summed E-state index contributed by atoms with van der Waals surface area (Å²) in [5.41, 5.74) is 0.959. The van der Waals surface area contributed by atoms with Crippen LogP contribution in [0.25, 0.3) is 0 Å². The number of carbonyl (C=O) groups excluding carboxylic acids is 1. The molecule has 0 spiro atoms. The second-order valence-electron chi connectivity index (χ2n) is 3.12. The topological polar surface area (TPSA) is 40.5 Å². The van der Waals surface area contributed by atoms with Gasteiger partial charge < -0.3 is 0 Å². The Labute approximate surface area is 86.7 Å². The lowest BCUT2D eigenvalue weighted by Crippen LogP contribution is -2.37.